The zero-order valence-electron chi connectivity index (χ0n) is 15.4. The van der Waals surface area contributed by atoms with E-state index in [-0.39, 0.29) is 5.75 Å². The third-order valence-electron chi connectivity index (χ3n) is 4.48. The maximum absolute atomic E-state index is 12.8. The number of hydrazine groups is 1. The van der Waals surface area contributed by atoms with Gasteiger partial charge < -0.3 is 5.32 Å². The number of nitrogens with zero attached hydrogens (tertiary/aromatic N) is 1. The second-order valence-electron chi connectivity index (χ2n) is 6.65. The summed E-state index contributed by atoms with van der Waals surface area (Å²) in [5.41, 5.74) is 4.06. The lowest BCUT2D eigenvalue weighted by Gasteiger charge is -2.22. The molecule has 27 heavy (non-hydrogen) atoms. The van der Waals surface area contributed by atoms with E-state index in [9.17, 15) is 14.4 Å². The lowest BCUT2D eigenvalue weighted by molar-refractivity contribution is -0.138. The van der Waals surface area contributed by atoms with Crippen LogP contribution in [0.4, 0.5) is 4.79 Å². The molecule has 1 fully saturated rings. The molecule has 3 rings (SSSR count). The van der Waals surface area contributed by atoms with Gasteiger partial charge in [0.15, 0.2) is 0 Å². The largest absolute Gasteiger partial charge is 0.344 e. The van der Waals surface area contributed by atoms with E-state index >= 15 is 0 Å². The fourth-order valence-electron chi connectivity index (χ4n) is 2.87. The summed E-state index contributed by atoms with van der Waals surface area (Å²) in [6, 6.07) is 14.3. The summed E-state index contributed by atoms with van der Waals surface area (Å²) in [6.07, 6.45) is 0. The van der Waals surface area contributed by atoms with Gasteiger partial charge in [-0.15, -0.1) is 11.8 Å². The summed E-state index contributed by atoms with van der Waals surface area (Å²) in [6.45, 7) is 5.59. The topological polar surface area (TPSA) is 78.5 Å². The van der Waals surface area contributed by atoms with E-state index in [1.54, 1.807) is 31.2 Å². The first-order valence-corrected chi connectivity index (χ1v) is 9.51. The Balaban J connectivity index is 1.67. The van der Waals surface area contributed by atoms with Gasteiger partial charge >= 0.3 is 6.03 Å². The molecule has 1 heterocycles. The van der Waals surface area contributed by atoms with Crippen molar-refractivity contribution in [3.05, 3.63) is 65.2 Å². The predicted molar refractivity (Wildman–Crippen MR) is 104 cm³/mol. The molecule has 1 atom stereocenters. The molecule has 2 N–H and O–H groups in total. The number of urea groups is 1. The van der Waals surface area contributed by atoms with Crippen molar-refractivity contribution in [2.75, 3.05) is 5.75 Å². The number of benzene rings is 2. The molecular weight excluding hydrogens is 362 g/mol. The molecule has 140 valence electrons. The second kappa shape index (κ2) is 7.44. The van der Waals surface area contributed by atoms with Gasteiger partial charge in [0.2, 0.25) is 5.91 Å². The van der Waals surface area contributed by atoms with E-state index < -0.39 is 23.4 Å². The Morgan fingerprint density at radius 2 is 1.85 bits per heavy atom. The first kappa shape index (κ1) is 19.0. The molecule has 1 saturated heterocycles. The third-order valence-corrected chi connectivity index (χ3v) is 5.64. The lowest BCUT2D eigenvalue weighted by atomic mass is 9.92. The number of thioether (sulfide) groups is 1. The van der Waals surface area contributed by atoms with Gasteiger partial charge in [-0.3, -0.25) is 15.0 Å². The van der Waals surface area contributed by atoms with Gasteiger partial charge in [0.1, 0.15) is 5.54 Å². The maximum Gasteiger partial charge on any atom is 0.344 e. The average molecular weight is 383 g/mol. The van der Waals surface area contributed by atoms with Crippen LogP contribution in [0.5, 0.6) is 0 Å². The number of imide groups is 1. The molecule has 1 aliphatic heterocycles. The molecule has 7 heteroatoms. The van der Waals surface area contributed by atoms with E-state index in [1.807, 2.05) is 38.1 Å². The van der Waals surface area contributed by atoms with Crippen LogP contribution in [0.25, 0.3) is 0 Å². The fourth-order valence-corrected chi connectivity index (χ4v) is 3.79. The monoisotopic (exact) mass is 383 g/mol. The number of amides is 4. The molecule has 0 radical (unpaired) electrons. The minimum Gasteiger partial charge on any atom is -0.318 e. The Bertz CT molecular complexity index is 901. The molecule has 2 aromatic rings. The summed E-state index contributed by atoms with van der Waals surface area (Å²) in [4.78, 5) is 38.3. The highest BCUT2D eigenvalue weighted by atomic mass is 32.2. The lowest BCUT2D eigenvalue weighted by Crippen LogP contribution is -2.48. The molecule has 2 aromatic carbocycles. The number of hydrogen-bond acceptors (Lipinski definition) is 4. The number of hydrogen-bond donors (Lipinski definition) is 2. The van der Waals surface area contributed by atoms with E-state index in [0.717, 1.165) is 21.0 Å². The van der Waals surface area contributed by atoms with Gasteiger partial charge in [-0.25, -0.2) is 4.79 Å². The van der Waals surface area contributed by atoms with Crippen LogP contribution in [0.3, 0.4) is 0 Å². The van der Waals surface area contributed by atoms with Crippen LogP contribution in [0, 0.1) is 13.8 Å². The van der Waals surface area contributed by atoms with E-state index in [4.69, 9.17) is 0 Å². The Morgan fingerprint density at radius 3 is 2.56 bits per heavy atom. The highest BCUT2D eigenvalue weighted by Crippen LogP contribution is 2.28. The summed E-state index contributed by atoms with van der Waals surface area (Å²) in [7, 11) is 0. The highest BCUT2D eigenvalue weighted by molar-refractivity contribution is 8.00. The average Bonchev–Trinajstić information content (AvgIpc) is 2.87. The van der Waals surface area contributed by atoms with Crippen molar-refractivity contribution in [3.63, 3.8) is 0 Å². The first-order valence-electron chi connectivity index (χ1n) is 8.53. The van der Waals surface area contributed by atoms with Crippen LogP contribution in [0.2, 0.25) is 0 Å². The Labute approximate surface area is 162 Å². The molecule has 4 amide bonds. The van der Waals surface area contributed by atoms with Crippen molar-refractivity contribution in [1.29, 1.82) is 0 Å². The quantitative estimate of drug-likeness (QED) is 0.615. The normalized spacial score (nSPS) is 19.1. The molecule has 0 saturated carbocycles. The minimum absolute atomic E-state index is 0.101. The summed E-state index contributed by atoms with van der Waals surface area (Å²) in [5.74, 6) is -0.825. The van der Waals surface area contributed by atoms with Crippen molar-refractivity contribution in [1.82, 2.24) is 15.8 Å². The Kier molecular flexibility index (Phi) is 5.23. The predicted octanol–water partition coefficient (Wildman–Crippen LogP) is 2.89. The van der Waals surface area contributed by atoms with Gasteiger partial charge in [-0.2, -0.15) is 5.01 Å². The van der Waals surface area contributed by atoms with E-state index in [0.29, 0.717) is 5.56 Å². The number of carbonyl (C=O) groups excluding carboxylic acids is 3. The van der Waals surface area contributed by atoms with Crippen LogP contribution < -0.4 is 10.7 Å². The van der Waals surface area contributed by atoms with E-state index in [2.05, 4.69) is 10.7 Å². The second-order valence-corrected chi connectivity index (χ2v) is 7.67. The number of carbonyl (C=O) groups is 3. The van der Waals surface area contributed by atoms with Crippen LogP contribution >= 0.6 is 11.8 Å². The van der Waals surface area contributed by atoms with Crippen LogP contribution in [0.1, 0.15) is 23.6 Å². The van der Waals surface area contributed by atoms with Crippen LogP contribution in [-0.4, -0.2) is 28.6 Å². The molecule has 0 aromatic heterocycles. The fraction of sp³-hybridized carbons (Fsp3) is 0.250. The van der Waals surface area contributed by atoms with Crippen molar-refractivity contribution >= 4 is 29.6 Å². The molecule has 1 unspecified atom stereocenters. The van der Waals surface area contributed by atoms with Gasteiger partial charge in [0, 0.05) is 4.90 Å². The van der Waals surface area contributed by atoms with Crippen molar-refractivity contribution in [2.24, 2.45) is 0 Å². The molecule has 0 bridgehead atoms. The van der Waals surface area contributed by atoms with Crippen LogP contribution in [0.15, 0.2) is 53.4 Å². The third kappa shape index (κ3) is 3.83. The van der Waals surface area contributed by atoms with E-state index in [1.165, 1.54) is 11.8 Å². The molecule has 1 aliphatic rings. The van der Waals surface area contributed by atoms with Gasteiger partial charge in [0.05, 0.1) is 5.75 Å². The summed E-state index contributed by atoms with van der Waals surface area (Å²) < 4.78 is 0. The van der Waals surface area contributed by atoms with Crippen molar-refractivity contribution < 1.29 is 14.4 Å². The zero-order valence-corrected chi connectivity index (χ0v) is 16.2. The first-order chi connectivity index (χ1) is 12.8. The standard InChI is InChI=1S/C20H21N3O3S/c1-13-9-10-14(2)16(11-13)27-12-17(24)22-23-18(25)20(3,21-19(23)26)15-7-5-4-6-8-15/h4-11H,12H2,1-3H3,(H,21,26)(H,22,24). The zero-order chi connectivity index (χ0) is 19.6. The smallest absolute Gasteiger partial charge is 0.318 e. The molecule has 0 aliphatic carbocycles. The minimum atomic E-state index is -1.20. The SMILES string of the molecule is Cc1ccc(C)c(SCC(=O)NN2C(=O)NC(C)(c3ccccc3)C2=O)c1. The number of aryl methyl sites for hydroxylation is 2. The van der Waals surface area contributed by atoms with Gasteiger partial charge in [-0.05, 0) is 38.0 Å². The van der Waals surface area contributed by atoms with Crippen molar-refractivity contribution in [3.8, 4) is 0 Å². The Morgan fingerprint density at radius 1 is 1.15 bits per heavy atom. The highest BCUT2D eigenvalue weighted by Gasteiger charge is 2.49. The molecular formula is C20H21N3O3S. The van der Waals surface area contributed by atoms with Crippen LogP contribution in [-0.2, 0) is 15.1 Å². The molecule has 0 spiro atoms. The number of nitrogens with one attached hydrogen (secondary N) is 2. The van der Waals surface area contributed by atoms with Crippen molar-refractivity contribution in [2.45, 2.75) is 31.2 Å². The summed E-state index contributed by atoms with van der Waals surface area (Å²) in [5, 5.41) is 3.42. The maximum atomic E-state index is 12.8. The summed E-state index contributed by atoms with van der Waals surface area (Å²) >= 11 is 1.37. The Hall–Kier alpha value is -2.80. The molecule has 6 nitrogen and oxygen atoms in total. The van der Waals surface area contributed by atoms with Gasteiger partial charge in [-0.1, -0.05) is 48.0 Å². The number of rotatable bonds is 5. The van der Waals surface area contributed by atoms with Gasteiger partial charge in [0.25, 0.3) is 5.91 Å².